The van der Waals surface area contributed by atoms with Gasteiger partial charge in [0, 0.05) is 22.1 Å². The number of nitrogens with zero attached hydrogens (tertiary/aromatic N) is 2. The number of para-hydroxylation sites is 3. The fraction of sp³-hybridized carbons (Fsp3) is 0.125. The monoisotopic (exact) mass is 712 g/mol. The summed E-state index contributed by atoms with van der Waals surface area (Å²) in [5.41, 5.74) is 9.77. The fourth-order valence-corrected chi connectivity index (χ4v) is 7.07. The summed E-state index contributed by atoms with van der Waals surface area (Å²) in [7, 11) is 0. The Hall–Kier alpha value is -5.97. The van der Waals surface area contributed by atoms with Gasteiger partial charge in [0.05, 0.1) is 16.8 Å². The lowest BCUT2D eigenvalue weighted by atomic mass is 9.91. The number of anilines is 4. The second-order valence-electron chi connectivity index (χ2n) is 13.9. The van der Waals surface area contributed by atoms with Crippen LogP contribution in [-0.4, -0.2) is 11.8 Å². The summed E-state index contributed by atoms with van der Waals surface area (Å²) in [4.78, 5) is 33.3. The van der Waals surface area contributed by atoms with Gasteiger partial charge in [0.1, 0.15) is 0 Å². The van der Waals surface area contributed by atoms with Crippen molar-refractivity contribution >= 4 is 69.5 Å². The number of imide groups is 1. The van der Waals surface area contributed by atoms with Crippen LogP contribution in [0.1, 0.15) is 72.9 Å². The Bertz CT molecular complexity index is 2240. The smallest absolute Gasteiger partial charge is 0.266 e. The van der Waals surface area contributed by atoms with Gasteiger partial charge in [-0.1, -0.05) is 155 Å². The molecular weight excluding hydrogens is 672 g/mol. The van der Waals surface area contributed by atoms with Crippen LogP contribution in [-0.2, 0) is 9.59 Å². The van der Waals surface area contributed by atoms with Gasteiger partial charge in [0.25, 0.3) is 11.8 Å². The van der Waals surface area contributed by atoms with E-state index in [-0.39, 0.29) is 23.7 Å². The molecule has 6 aromatic rings. The first-order valence-electron chi connectivity index (χ1n) is 18.0. The SMILES string of the molecule is CC(C)c1cccc(C(C)C)c1N1C(=O)C(c2ccc(/C=C/c3ccc(Cl)cc3)cc2)=C(c2ccc(N(c3ccccc3)c3ccccc3)cc2)C1=O. The quantitative estimate of drug-likeness (QED) is 0.105. The minimum atomic E-state index is -0.317. The summed E-state index contributed by atoms with van der Waals surface area (Å²) in [6, 6.07) is 49.9. The zero-order valence-corrected chi connectivity index (χ0v) is 31.1. The molecule has 6 aromatic carbocycles. The molecule has 0 aliphatic carbocycles. The molecule has 4 nitrogen and oxygen atoms in total. The number of hydrogen-bond donors (Lipinski definition) is 0. The minimum absolute atomic E-state index is 0.102. The Morgan fingerprint density at radius 2 is 0.887 bits per heavy atom. The van der Waals surface area contributed by atoms with Gasteiger partial charge in [-0.3, -0.25) is 9.59 Å². The summed E-state index contributed by atoms with van der Waals surface area (Å²) in [6.07, 6.45) is 4.04. The van der Waals surface area contributed by atoms with Crippen molar-refractivity contribution in [1.82, 2.24) is 0 Å². The highest BCUT2D eigenvalue weighted by Crippen LogP contribution is 2.44. The van der Waals surface area contributed by atoms with Crippen LogP contribution in [0.3, 0.4) is 0 Å². The van der Waals surface area contributed by atoms with Gasteiger partial charge in [-0.25, -0.2) is 4.90 Å². The molecule has 1 heterocycles. The van der Waals surface area contributed by atoms with Crippen molar-refractivity contribution in [3.05, 3.63) is 190 Å². The van der Waals surface area contributed by atoms with Gasteiger partial charge in [0.15, 0.2) is 0 Å². The zero-order chi connectivity index (χ0) is 37.1. The standard InChI is InChI=1S/C48H41ClN2O2/c1-32(2)42-16-11-17-43(33(3)4)46(42)51-47(52)44(36-24-20-34(21-25-36)18-19-35-22-28-38(49)29-23-35)45(48(51)53)37-26-30-41(31-27-37)50(39-12-7-5-8-13-39)40-14-9-6-10-15-40/h5-33H,1-4H3/b19-18+. The van der Waals surface area contributed by atoms with E-state index in [9.17, 15) is 9.59 Å². The molecule has 5 heteroatoms. The summed E-state index contributed by atoms with van der Waals surface area (Å²) in [5.74, 6) is -0.430. The van der Waals surface area contributed by atoms with E-state index >= 15 is 0 Å². The summed E-state index contributed by atoms with van der Waals surface area (Å²) >= 11 is 6.07. The molecule has 0 aromatic heterocycles. The van der Waals surface area contributed by atoms with Gasteiger partial charge < -0.3 is 4.90 Å². The van der Waals surface area contributed by atoms with E-state index < -0.39 is 0 Å². The molecule has 0 N–H and O–H groups in total. The van der Waals surface area contributed by atoms with Crippen molar-refractivity contribution < 1.29 is 9.59 Å². The van der Waals surface area contributed by atoms with Crippen molar-refractivity contribution in [3.63, 3.8) is 0 Å². The Morgan fingerprint density at radius 1 is 0.491 bits per heavy atom. The maximum absolute atomic E-state index is 14.9. The van der Waals surface area contributed by atoms with E-state index in [1.165, 1.54) is 4.90 Å². The van der Waals surface area contributed by atoms with Gasteiger partial charge >= 0.3 is 0 Å². The van der Waals surface area contributed by atoms with E-state index in [4.69, 9.17) is 11.6 Å². The number of amides is 2. The first-order chi connectivity index (χ1) is 25.7. The van der Waals surface area contributed by atoms with Crippen molar-refractivity contribution in [2.45, 2.75) is 39.5 Å². The molecule has 262 valence electrons. The van der Waals surface area contributed by atoms with Crippen LogP contribution in [0, 0.1) is 0 Å². The van der Waals surface area contributed by atoms with Crippen LogP contribution in [0.25, 0.3) is 23.3 Å². The van der Waals surface area contributed by atoms with Crippen LogP contribution >= 0.6 is 11.6 Å². The maximum atomic E-state index is 14.9. The first-order valence-corrected chi connectivity index (χ1v) is 18.4. The van der Waals surface area contributed by atoms with Crippen molar-refractivity contribution in [2.24, 2.45) is 0 Å². The molecule has 1 aliphatic heterocycles. The number of halogens is 1. The Kier molecular flexibility index (Phi) is 10.2. The molecule has 53 heavy (non-hydrogen) atoms. The van der Waals surface area contributed by atoms with Crippen LogP contribution < -0.4 is 9.80 Å². The molecule has 0 spiro atoms. The molecule has 0 fully saturated rings. The highest BCUT2D eigenvalue weighted by atomic mass is 35.5. The molecule has 0 atom stereocenters. The van der Waals surface area contributed by atoms with E-state index in [1.807, 2.05) is 140 Å². The lowest BCUT2D eigenvalue weighted by Gasteiger charge is -2.26. The van der Waals surface area contributed by atoms with Gasteiger partial charge in [-0.15, -0.1) is 0 Å². The lowest BCUT2D eigenvalue weighted by Crippen LogP contribution is -2.33. The summed E-state index contributed by atoms with van der Waals surface area (Å²) in [5, 5.41) is 0.691. The Morgan fingerprint density at radius 3 is 1.32 bits per heavy atom. The van der Waals surface area contributed by atoms with Gasteiger partial charge in [-0.2, -0.15) is 0 Å². The van der Waals surface area contributed by atoms with E-state index in [2.05, 4.69) is 56.9 Å². The molecular formula is C48H41ClN2O2. The topological polar surface area (TPSA) is 40.6 Å². The van der Waals surface area contributed by atoms with E-state index in [0.29, 0.717) is 33.0 Å². The van der Waals surface area contributed by atoms with E-state index in [0.717, 1.165) is 39.3 Å². The normalized spacial score (nSPS) is 13.2. The number of carbonyl (C=O) groups is 2. The average molecular weight is 713 g/mol. The van der Waals surface area contributed by atoms with Crippen LogP contribution in [0.5, 0.6) is 0 Å². The largest absolute Gasteiger partial charge is 0.311 e. The minimum Gasteiger partial charge on any atom is -0.311 e. The van der Waals surface area contributed by atoms with Crippen molar-refractivity contribution in [2.75, 3.05) is 9.80 Å². The summed E-state index contributed by atoms with van der Waals surface area (Å²) in [6.45, 7) is 8.40. The third-order valence-corrected chi connectivity index (χ3v) is 9.88. The Labute approximate surface area is 317 Å². The fourth-order valence-electron chi connectivity index (χ4n) is 6.94. The summed E-state index contributed by atoms with van der Waals surface area (Å²) < 4.78 is 0. The molecule has 0 unspecified atom stereocenters. The van der Waals surface area contributed by atoms with Crippen molar-refractivity contribution in [3.8, 4) is 0 Å². The van der Waals surface area contributed by atoms with Crippen molar-refractivity contribution in [1.29, 1.82) is 0 Å². The molecule has 0 radical (unpaired) electrons. The predicted octanol–water partition coefficient (Wildman–Crippen LogP) is 12.7. The highest BCUT2D eigenvalue weighted by Gasteiger charge is 2.42. The molecule has 0 saturated carbocycles. The van der Waals surface area contributed by atoms with Gasteiger partial charge in [-0.05, 0) is 93.7 Å². The Balaban J connectivity index is 1.34. The van der Waals surface area contributed by atoms with E-state index in [1.54, 1.807) is 0 Å². The number of benzene rings is 6. The first kappa shape index (κ1) is 35.4. The predicted molar refractivity (Wildman–Crippen MR) is 222 cm³/mol. The molecule has 0 saturated heterocycles. The molecule has 0 bridgehead atoms. The zero-order valence-electron chi connectivity index (χ0n) is 30.3. The van der Waals surface area contributed by atoms with Crippen LogP contribution in [0.2, 0.25) is 5.02 Å². The second kappa shape index (κ2) is 15.3. The molecule has 7 rings (SSSR count). The number of rotatable bonds is 10. The van der Waals surface area contributed by atoms with Crippen LogP contribution in [0.15, 0.2) is 152 Å². The average Bonchev–Trinajstić information content (AvgIpc) is 3.44. The van der Waals surface area contributed by atoms with Gasteiger partial charge in [0.2, 0.25) is 0 Å². The molecule has 1 aliphatic rings. The number of carbonyl (C=O) groups excluding carboxylic acids is 2. The highest BCUT2D eigenvalue weighted by molar-refractivity contribution is 6.57. The second-order valence-corrected chi connectivity index (χ2v) is 14.3. The maximum Gasteiger partial charge on any atom is 0.266 e. The lowest BCUT2D eigenvalue weighted by molar-refractivity contribution is -0.119. The third-order valence-electron chi connectivity index (χ3n) is 9.63. The van der Waals surface area contributed by atoms with Crippen LogP contribution in [0.4, 0.5) is 22.7 Å². The molecule has 2 amide bonds. The third kappa shape index (κ3) is 7.24. The number of hydrogen-bond acceptors (Lipinski definition) is 3.